The molecular formula is C14H17NO5. The van der Waals surface area contributed by atoms with Crippen molar-refractivity contribution in [1.82, 2.24) is 4.90 Å². The molecule has 1 aromatic carbocycles. The molecule has 20 heavy (non-hydrogen) atoms. The standard InChI is InChI=1S/C14H17NO5/c1-15(9-8-12(16)19-2)13(17)10-6-4-5-7-11(10)14(18)20-3/h4-7H,8-9H2,1-3H3. The van der Waals surface area contributed by atoms with E-state index in [0.29, 0.717) is 0 Å². The third kappa shape index (κ3) is 3.81. The van der Waals surface area contributed by atoms with Crippen LogP contribution in [0.2, 0.25) is 0 Å². The fourth-order valence-corrected chi connectivity index (χ4v) is 1.63. The average Bonchev–Trinajstić information content (AvgIpc) is 2.50. The molecule has 0 spiro atoms. The minimum Gasteiger partial charge on any atom is -0.469 e. The summed E-state index contributed by atoms with van der Waals surface area (Å²) in [7, 11) is 4.10. The van der Waals surface area contributed by atoms with Crippen molar-refractivity contribution in [3.05, 3.63) is 35.4 Å². The van der Waals surface area contributed by atoms with Gasteiger partial charge >= 0.3 is 11.9 Å². The Labute approximate surface area is 117 Å². The Bertz CT molecular complexity index is 512. The lowest BCUT2D eigenvalue weighted by Gasteiger charge is -2.17. The van der Waals surface area contributed by atoms with Gasteiger partial charge < -0.3 is 14.4 Å². The number of carbonyl (C=O) groups is 3. The number of amides is 1. The molecule has 1 rings (SSSR count). The maximum atomic E-state index is 12.3. The van der Waals surface area contributed by atoms with E-state index in [0.717, 1.165) is 0 Å². The van der Waals surface area contributed by atoms with Gasteiger partial charge in [0.2, 0.25) is 0 Å². The molecule has 0 aliphatic carbocycles. The van der Waals surface area contributed by atoms with Gasteiger partial charge in [0.05, 0.1) is 31.8 Å². The van der Waals surface area contributed by atoms with E-state index in [1.54, 1.807) is 25.2 Å². The predicted octanol–water partition coefficient (Wildman–Crippen LogP) is 1.11. The number of benzene rings is 1. The van der Waals surface area contributed by atoms with Gasteiger partial charge in [-0.2, -0.15) is 0 Å². The van der Waals surface area contributed by atoms with Gasteiger partial charge in [0, 0.05) is 13.6 Å². The zero-order chi connectivity index (χ0) is 15.1. The summed E-state index contributed by atoms with van der Waals surface area (Å²) in [6, 6.07) is 6.38. The molecule has 108 valence electrons. The minimum absolute atomic E-state index is 0.0964. The zero-order valence-electron chi connectivity index (χ0n) is 11.7. The van der Waals surface area contributed by atoms with Crippen LogP contribution in [-0.4, -0.2) is 50.6 Å². The molecule has 0 N–H and O–H groups in total. The van der Waals surface area contributed by atoms with Crippen molar-refractivity contribution >= 4 is 17.8 Å². The number of methoxy groups -OCH3 is 2. The summed E-state index contributed by atoms with van der Waals surface area (Å²) in [5, 5.41) is 0. The van der Waals surface area contributed by atoms with E-state index < -0.39 is 11.9 Å². The number of hydrogen-bond acceptors (Lipinski definition) is 5. The molecular weight excluding hydrogens is 262 g/mol. The van der Waals surface area contributed by atoms with Gasteiger partial charge in [-0.05, 0) is 12.1 Å². The van der Waals surface area contributed by atoms with E-state index >= 15 is 0 Å². The summed E-state index contributed by atoms with van der Waals surface area (Å²) in [5.41, 5.74) is 0.441. The Hall–Kier alpha value is -2.37. The molecule has 1 aromatic rings. The Morgan fingerprint density at radius 1 is 1.05 bits per heavy atom. The van der Waals surface area contributed by atoms with E-state index in [1.807, 2.05) is 0 Å². The molecule has 0 aliphatic heterocycles. The maximum Gasteiger partial charge on any atom is 0.338 e. The summed E-state index contributed by atoms with van der Waals surface area (Å²) in [5.74, 6) is -1.32. The van der Waals surface area contributed by atoms with Crippen LogP contribution in [0.3, 0.4) is 0 Å². The zero-order valence-corrected chi connectivity index (χ0v) is 11.7. The van der Waals surface area contributed by atoms with E-state index in [9.17, 15) is 14.4 Å². The Morgan fingerprint density at radius 2 is 1.65 bits per heavy atom. The average molecular weight is 279 g/mol. The number of esters is 2. The lowest BCUT2D eigenvalue weighted by Crippen LogP contribution is -2.30. The molecule has 0 aliphatic rings. The third-order valence-corrected chi connectivity index (χ3v) is 2.79. The normalized spacial score (nSPS) is 9.75. The molecule has 6 nitrogen and oxygen atoms in total. The van der Waals surface area contributed by atoms with Crippen LogP contribution in [0, 0.1) is 0 Å². The quantitative estimate of drug-likeness (QED) is 0.755. The van der Waals surface area contributed by atoms with Crippen LogP contribution in [0.15, 0.2) is 24.3 Å². The fraction of sp³-hybridized carbons (Fsp3) is 0.357. The van der Waals surface area contributed by atoms with Gasteiger partial charge in [-0.1, -0.05) is 12.1 Å². The first-order valence-corrected chi connectivity index (χ1v) is 6.01. The molecule has 0 aromatic heterocycles. The molecule has 0 bridgehead atoms. The summed E-state index contributed by atoms with van der Waals surface area (Å²) in [4.78, 5) is 36.3. The summed E-state index contributed by atoms with van der Waals surface area (Å²) in [6.07, 6.45) is 0.0964. The molecule has 1 amide bonds. The molecule has 0 saturated carbocycles. The van der Waals surface area contributed by atoms with Crippen molar-refractivity contribution in [2.24, 2.45) is 0 Å². The van der Waals surface area contributed by atoms with Gasteiger partial charge in [0.15, 0.2) is 0 Å². The highest BCUT2D eigenvalue weighted by Crippen LogP contribution is 2.12. The first-order valence-electron chi connectivity index (χ1n) is 6.01. The highest BCUT2D eigenvalue weighted by atomic mass is 16.5. The van der Waals surface area contributed by atoms with Crippen LogP contribution in [0.25, 0.3) is 0 Å². The second-order valence-corrected chi connectivity index (χ2v) is 4.09. The number of ether oxygens (including phenoxy) is 2. The Kier molecular flexibility index (Phi) is 5.71. The van der Waals surface area contributed by atoms with Gasteiger partial charge in [-0.3, -0.25) is 9.59 Å². The largest absolute Gasteiger partial charge is 0.469 e. The molecule has 0 unspecified atom stereocenters. The number of hydrogen-bond donors (Lipinski definition) is 0. The van der Waals surface area contributed by atoms with E-state index in [2.05, 4.69) is 9.47 Å². The summed E-state index contributed by atoms with van der Waals surface area (Å²) < 4.78 is 9.15. The molecule has 0 heterocycles. The first-order chi connectivity index (χ1) is 9.51. The Balaban J connectivity index is 2.86. The van der Waals surface area contributed by atoms with Crippen molar-refractivity contribution in [2.45, 2.75) is 6.42 Å². The number of nitrogens with zero attached hydrogens (tertiary/aromatic N) is 1. The third-order valence-electron chi connectivity index (χ3n) is 2.79. The number of carbonyl (C=O) groups excluding carboxylic acids is 3. The molecule has 0 fully saturated rings. The van der Waals surface area contributed by atoms with Crippen molar-refractivity contribution < 1.29 is 23.9 Å². The van der Waals surface area contributed by atoms with Crippen LogP contribution in [0.5, 0.6) is 0 Å². The molecule has 0 atom stereocenters. The van der Waals surface area contributed by atoms with Gasteiger partial charge in [-0.15, -0.1) is 0 Å². The topological polar surface area (TPSA) is 72.9 Å². The van der Waals surface area contributed by atoms with Gasteiger partial charge in [0.1, 0.15) is 0 Å². The second kappa shape index (κ2) is 7.28. The summed E-state index contributed by atoms with van der Waals surface area (Å²) in [6.45, 7) is 0.209. The van der Waals surface area contributed by atoms with Crippen LogP contribution in [0.4, 0.5) is 0 Å². The van der Waals surface area contributed by atoms with Gasteiger partial charge in [0.25, 0.3) is 5.91 Å². The van der Waals surface area contributed by atoms with E-state index in [1.165, 1.54) is 25.2 Å². The lowest BCUT2D eigenvalue weighted by atomic mass is 10.1. The van der Waals surface area contributed by atoms with E-state index in [-0.39, 0.29) is 30.0 Å². The summed E-state index contributed by atoms with van der Waals surface area (Å²) >= 11 is 0. The highest BCUT2D eigenvalue weighted by Gasteiger charge is 2.20. The highest BCUT2D eigenvalue weighted by molar-refractivity contribution is 6.05. The van der Waals surface area contributed by atoms with Crippen LogP contribution in [0.1, 0.15) is 27.1 Å². The maximum absolute atomic E-state index is 12.3. The Morgan fingerprint density at radius 3 is 2.20 bits per heavy atom. The predicted molar refractivity (Wildman–Crippen MR) is 71.4 cm³/mol. The van der Waals surface area contributed by atoms with Crippen molar-refractivity contribution in [3.63, 3.8) is 0 Å². The van der Waals surface area contributed by atoms with Crippen LogP contribution < -0.4 is 0 Å². The molecule has 0 radical (unpaired) electrons. The van der Waals surface area contributed by atoms with Crippen molar-refractivity contribution in [2.75, 3.05) is 27.8 Å². The smallest absolute Gasteiger partial charge is 0.338 e. The lowest BCUT2D eigenvalue weighted by molar-refractivity contribution is -0.140. The molecule has 0 saturated heterocycles. The fourth-order valence-electron chi connectivity index (χ4n) is 1.63. The van der Waals surface area contributed by atoms with E-state index in [4.69, 9.17) is 0 Å². The first kappa shape index (κ1) is 15.7. The SMILES string of the molecule is COC(=O)CCN(C)C(=O)c1ccccc1C(=O)OC. The minimum atomic E-state index is -0.574. The van der Waals surface area contributed by atoms with Crippen LogP contribution >= 0.6 is 0 Å². The van der Waals surface area contributed by atoms with Crippen molar-refractivity contribution in [1.29, 1.82) is 0 Å². The number of rotatable bonds is 5. The van der Waals surface area contributed by atoms with Gasteiger partial charge in [-0.25, -0.2) is 4.79 Å². The van der Waals surface area contributed by atoms with Crippen LogP contribution in [-0.2, 0) is 14.3 Å². The monoisotopic (exact) mass is 279 g/mol. The van der Waals surface area contributed by atoms with Crippen molar-refractivity contribution in [3.8, 4) is 0 Å². The molecule has 6 heteroatoms. The second-order valence-electron chi connectivity index (χ2n) is 4.09.